The minimum absolute atomic E-state index is 0.0366. The quantitative estimate of drug-likeness (QED) is 0.272. The number of hydrogen-bond acceptors (Lipinski definition) is 7. The van der Waals surface area contributed by atoms with Gasteiger partial charge in [-0.2, -0.15) is 0 Å². The summed E-state index contributed by atoms with van der Waals surface area (Å²) in [6.45, 7) is 11.2. The van der Waals surface area contributed by atoms with Crippen LogP contribution in [0.15, 0.2) is 0 Å². The van der Waals surface area contributed by atoms with Crippen molar-refractivity contribution in [3.05, 3.63) is 0 Å². The first-order valence-electron chi connectivity index (χ1n) is 15.4. The van der Waals surface area contributed by atoms with Crippen LogP contribution in [0.2, 0.25) is 0 Å². The van der Waals surface area contributed by atoms with Crippen LogP contribution in [-0.2, 0) is 14.2 Å². The van der Waals surface area contributed by atoms with Crippen LogP contribution in [0, 0.1) is 40.4 Å². The van der Waals surface area contributed by atoms with Gasteiger partial charge in [0.25, 0.3) is 0 Å². The molecule has 7 N–H and O–H groups in total. The van der Waals surface area contributed by atoms with Gasteiger partial charge in [-0.15, -0.1) is 0 Å². The van der Waals surface area contributed by atoms with E-state index in [1.165, 1.54) is 6.42 Å². The second-order valence-corrected chi connectivity index (χ2v) is 13.2. The fourth-order valence-corrected chi connectivity index (χ4v) is 9.46. The van der Waals surface area contributed by atoms with Gasteiger partial charge in [0.1, 0.15) is 0 Å². The highest BCUT2D eigenvalue weighted by Crippen LogP contribution is 2.68. The first-order valence-corrected chi connectivity index (χ1v) is 15.4. The van der Waals surface area contributed by atoms with Crippen molar-refractivity contribution in [3.8, 4) is 0 Å². The van der Waals surface area contributed by atoms with E-state index in [9.17, 15) is 5.11 Å². The minimum Gasteiger partial charge on any atom is -0.393 e. The summed E-state index contributed by atoms with van der Waals surface area (Å²) in [5.74, 6) is 2.44. The van der Waals surface area contributed by atoms with E-state index in [1.807, 2.05) is 6.92 Å². The predicted molar refractivity (Wildman–Crippen MR) is 148 cm³/mol. The zero-order chi connectivity index (χ0) is 26.6. The number of fused-ring (bicyclic) bond motifs is 5. The Morgan fingerprint density at radius 1 is 0.811 bits per heavy atom. The Labute approximate surface area is 225 Å². The van der Waals surface area contributed by atoms with Crippen molar-refractivity contribution in [2.75, 3.05) is 39.5 Å². The molecule has 4 saturated carbocycles. The topological polar surface area (TPSA) is 126 Å². The Bertz CT molecular complexity index is 710. The summed E-state index contributed by atoms with van der Waals surface area (Å²) in [6.07, 6.45) is 11.0. The number of aliphatic hydroxyl groups is 1. The van der Waals surface area contributed by atoms with Gasteiger partial charge in [-0.1, -0.05) is 13.8 Å². The molecule has 4 aliphatic carbocycles. The maximum absolute atomic E-state index is 10.9. The summed E-state index contributed by atoms with van der Waals surface area (Å²) < 4.78 is 19.8. The number of ether oxygens (including phenoxy) is 3. The lowest BCUT2D eigenvalue weighted by Gasteiger charge is -2.64. The highest BCUT2D eigenvalue weighted by Gasteiger charge is 2.66. The van der Waals surface area contributed by atoms with E-state index in [1.54, 1.807) is 0 Å². The molecule has 0 heterocycles. The SMILES string of the molecule is C[C@@H](O)C1CC[C@H]2C3[C@H](OCCCN)CC4C[C@H](OCCCN)CCC4(C)[C@H]3C[C@H](OCCCN)C12C. The Morgan fingerprint density at radius 3 is 2.11 bits per heavy atom. The summed E-state index contributed by atoms with van der Waals surface area (Å²) in [5.41, 5.74) is 17.6. The predicted octanol–water partition coefficient (Wildman–Crippen LogP) is 3.45. The molecular formula is C30H57N3O4. The van der Waals surface area contributed by atoms with Gasteiger partial charge in [0.2, 0.25) is 0 Å². The molecule has 4 aliphatic rings. The molecule has 5 unspecified atom stereocenters. The average Bonchev–Trinajstić information content (AvgIpc) is 3.23. The van der Waals surface area contributed by atoms with E-state index in [2.05, 4.69) is 13.8 Å². The van der Waals surface area contributed by atoms with Crippen LogP contribution in [0.3, 0.4) is 0 Å². The number of rotatable bonds is 13. The van der Waals surface area contributed by atoms with Gasteiger partial charge in [0.15, 0.2) is 0 Å². The average molecular weight is 524 g/mol. The molecule has 0 saturated heterocycles. The van der Waals surface area contributed by atoms with Crippen molar-refractivity contribution in [2.45, 2.75) is 109 Å². The fourth-order valence-electron chi connectivity index (χ4n) is 9.46. The van der Waals surface area contributed by atoms with Crippen molar-refractivity contribution in [1.82, 2.24) is 0 Å². The van der Waals surface area contributed by atoms with Crippen LogP contribution in [-0.4, -0.2) is 69.0 Å². The largest absolute Gasteiger partial charge is 0.393 e. The Hall–Kier alpha value is -0.280. The monoisotopic (exact) mass is 523 g/mol. The summed E-state index contributed by atoms with van der Waals surface area (Å²) in [4.78, 5) is 0. The van der Waals surface area contributed by atoms with Crippen molar-refractivity contribution in [3.63, 3.8) is 0 Å². The lowest BCUT2D eigenvalue weighted by Crippen LogP contribution is -2.63. The van der Waals surface area contributed by atoms with Crippen molar-refractivity contribution < 1.29 is 19.3 Å². The standard InChI is InChI=1S/C30H57N3O4/c1-20(34)23-7-8-24-28-25(19-27(30(23,24)3)37-16-6-13-33)29(2)10-9-22(35-14-4-11-31)17-21(29)18-26(28)36-15-5-12-32/h20-28,34H,4-19,31-33H2,1-3H3/t20-,21?,22-,23?,24+,25+,26-,27+,28?,29?,30?/m1/s1. The molecule has 0 aromatic heterocycles. The van der Waals surface area contributed by atoms with Crippen LogP contribution in [0.5, 0.6) is 0 Å². The number of aliphatic hydroxyl groups excluding tert-OH is 1. The maximum Gasteiger partial charge on any atom is 0.0638 e. The molecule has 4 rings (SSSR count). The summed E-state index contributed by atoms with van der Waals surface area (Å²) >= 11 is 0. The van der Waals surface area contributed by atoms with Crippen LogP contribution < -0.4 is 17.2 Å². The van der Waals surface area contributed by atoms with Gasteiger partial charge < -0.3 is 36.5 Å². The second kappa shape index (κ2) is 12.9. The van der Waals surface area contributed by atoms with Crippen LogP contribution >= 0.6 is 0 Å². The van der Waals surface area contributed by atoms with Gasteiger partial charge in [0, 0.05) is 25.2 Å². The molecule has 0 spiro atoms. The molecule has 4 fully saturated rings. The summed E-state index contributed by atoms with van der Waals surface area (Å²) in [5, 5.41) is 10.9. The fraction of sp³-hybridized carbons (Fsp3) is 1.00. The molecule has 0 aliphatic heterocycles. The highest BCUT2D eigenvalue weighted by molar-refractivity contribution is 5.15. The van der Waals surface area contributed by atoms with Gasteiger partial charge in [-0.25, -0.2) is 0 Å². The lowest BCUT2D eigenvalue weighted by molar-refractivity contribution is -0.229. The normalized spacial score (nSPS) is 44.2. The molecule has 0 aromatic carbocycles. The smallest absolute Gasteiger partial charge is 0.0638 e. The first-order chi connectivity index (χ1) is 17.8. The van der Waals surface area contributed by atoms with Gasteiger partial charge in [-0.05, 0) is 126 Å². The molecule has 0 aromatic rings. The van der Waals surface area contributed by atoms with Crippen LogP contribution in [0.1, 0.15) is 85.0 Å². The zero-order valence-corrected chi connectivity index (χ0v) is 23.9. The molecule has 7 nitrogen and oxygen atoms in total. The third-order valence-corrected chi connectivity index (χ3v) is 11.4. The van der Waals surface area contributed by atoms with Crippen molar-refractivity contribution >= 4 is 0 Å². The lowest BCUT2D eigenvalue weighted by atomic mass is 9.43. The molecule has 11 atom stereocenters. The Balaban J connectivity index is 1.63. The van der Waals surface area contributed by atoms with Crippen molar-refractivity contribution in [2.24, 2.45) is 57.6 Å². The summed E-state index contributed by atoms with van der Waals surface area (Å²) in [6, 6.07) is 0. The van der Waals surface area contributed by atoms with Gasteiger partial charge in [0.05, 0.1) is 24.4 Å². The van der Waals surface area contributed by atoms with Crippen molar-refractivity contribution in [1.29, 1.82) is 0 Å². The maximum atomic E-state index is 10.9. The Kier molecular flexibility index (Phi) is 10.4. The first kappa shape index (κ1) is 29.7. The molecular weight excluding hydrogens is 466 g/mol. The molecule has 216 valence electrons. The Morgan fingerprint density at radius 2 is 1.46 bits per heavy atom. The number of hydrogen-bond donors (Lipinski definition) is 4. The third kappa shape index (κ3) is 5.79. The van der Waals surface area contributed by atoms with E-state index < -0.39 is 0 Å². The van der Waals surface area contributed by atoms with E-state index in [4.69, 9.17) is 31.4 Å². The van der Waals surface area contributed by atoms with E-state index in [0.29, 0.717) is 56.0 Å². The molecule has 0 bridgehead atoms. The van der Waals surface area contributed by atoms with E-state index in [0.717, 1.165) is 71.0 Å². The molecule has 0 amide bonds. The van der Waals surface area contributed by atoms with Crippen LogP contribution in [0.4, 0.5) is 0 Å². The highest BCUT2D eigenvalue weighted by atomic mass is 16.5. The summed E-state index contributed by atoms with van der Waals surface area (Å²) in [7, 11) is 0. The molecule has 7 heteroatoms. The number of nitrogens with two attached hydrogens (primary N) is 3. The third-order valence-electron chi connectivity index (χ3n) is 11.4. The van der Waals surface area contributed by atoms with E-state index >= 15 is 0 Å². The van der Waals surface area contributed by atoms with Gasteiger partial charge >= 0.3 is 0 Å². The molecule has 0 radical (unpaired) electrons. The minimum atomic E-state index is -0.322. The van der Waals surface area contributed by atoms with E-state index in [-0.39, 0.29) is 35.1 Å². The molecule has 37 heavy (non-hydrogen) atoms. The zero-order valence-electron chi connectivity index (χ0n) is 23.9. The van der Waals surface area contributed by atoms with Crippen LogP contribution in [0.25, 0.3) is 0 Å². The second-order valence-electron chi connectivity index (χ2n) is 13.2. The van der Waals surface area contributed by atoms with Gasteiger partial charge in [-0.3, -0.25) is 0 Å².